The van der Waals surface area contributed by atoms with E-state index < -0.39 is 0 Å². The van der Waals surface area contributed by atoms with Crippen LogP contribution in [-0.2, 0) is 9.59 Å². The zero-order chi connectivity index (χ0) is 24.1. The first-order chi connectivity index (χ1) is 15.9. The first kappa shape index (κ1) is 25.2. The third kappa shape index (κ3) is 8.90. The number of phenols is 2. The van der Waals surface area contributed by atoms with Gasteiger partial charge in [-0.15, -0.1) is 0 Å². The van der Waals surface area contributed by atoms with E-state index in [4.69, 9.17) is 9.47 Å². The van der Waals surface area contributed by atoms with Crippen molar-refractivity contribution < 1.29 is 29.3 Å². The molecule has 2 rings (SSSR count). The normalized spacial score (nSPS) is 11.0. The fraction of sp³-hybridized carbons (Fsp3) is 0.304. The number of phenolic OH excluding ortho intramolecular Hbond substituents is 2. The summed E-state index contributed by atoms with van der Waals surface area (Å²) < 4.78 is 10.0. The van der Waals surface area contributed by atoms with Crippen molar-refractivity contribution in [2.75, 3.05) is 14.2 Å². The highest BCUT2D eigenvalue weighted by atomic mass is 16.5. The van der Waals surface area contributed by atoms with Gasteiger partial charge in [0, 0.05) is 12.8 Å². The number of methoxy groups -OCH3 is 2. The second-order valence-corrected chi connectivity index (χ2v) is 7.01. The number of carbonyl (C=O) groups excluding carboxylic acids is 2. The molecule has 0 aliphatic carbocycles. The van der Waals surface area contributed by atoms with Gasteiger partial charge in [-0.25, -0.2) is 10.9 Å². The topological polar surface area (TPSA) is 142 Å². The van der Waals surface area contributed by atoms with E-state index in [-0.39, 0.29) is 23.3 Å². The van der Waals surface area contributed by atoms with E-state index in [9.17, 15) is 19.8 Å². The molecule has 0 fully saturated rings. The minimum atomic E-state index is -0.227. The molecule has 0 spiro atoms. The van der Waals surface area contributed by atoms with Gasteiger partial charge in [0.05, 0.1) is 26.6 Å². The molecule has 0 atom stereocenters. The standard InChI is InChI=1S/C23H28N4O6/c1-32-20-12-16(8-10-18(20)28)14-24-26-22(30)6-4-3-5-7-23(31)27-25-15-17-9-11-19(29)21(13-17)33-2/h8-15,28-29H,3-7H2,1-2H3,(H,26,30)(H,27,31). The molecule has 10 heteroatoms. The maximum atomic E-state index is 11.8. The molecule has 0 aliphatic rings. The summed E-state index contributed by atoms with van der Waals surface area (Å²) in [6.45, 7) is 0. The summed E-state index contributed by atoms with van der Waals surface area (Å²) in [6, 6.07) is 9.44. The van der Waals surface area contributed by atoms with Crippen molar-refractivity contribution in [1.82, 2.24) is 10.9 Å². The second-order valence-electron chi connectivity index (χ2n) is 7.01. The largest absolute Gasteiger partial charge is 0.504 e. The predicted octanol–water partition coefficient (Wildman–Crippen LogP) is 2.67. The molecule has 0 saturated heterocycles. The third-order valence-electron chi connectivity index (χ3n) is 4.52. The van der Waals surface area contributed by atoms with Crippen LogP contribution in [0.5, 0.6) is 23.0 Å². The highest BCUT2D eigenvalue weighted by Gasteiger charge is 2.04. The van der Waals surface area contributed by atoms with Crippen LogP contribution in [0.1, 0.15) is 43.2 Å². The Morgan fingerprint density at radius 3 is 1.61 bits per heavy atom. The number of nitrogens with one attached hydrogen (secondary N) is 2. The number of rotatable bonds is 12. The number of hydrogen-bond acceptors (Lipinski definition) is 8. The molecular formula is C23H28N4O6. The van der Waals surface area contributed by atoms with Crippen LogP contribution in [0.15, 0.2) is 46.6 Å². The molecule has 2 aromatic rings. The van der Waals surface area contributed by atoms with E-state index in [1.807, 2.05) is 0 Å². The highest BCUT2D eigenvalue weighted by Crippen LogP contribution is 2.26. The van der Waals surface area contributed by atoms with Crippen LogP contribution < -0.4 is 20.3 Å². The lowest BCUT2D eigenvalue weighted by Crippen LogP contribution is -2.18. The van der Waals surface area contributed by atoms with E-state index >= 15 is 0 Å². The number of hydrogen-bond donors (Lipinski definition) is 4. The van der Waals surface area contributed by atoms with Crippen molar-refractivity contribution in [2.45, 2.75) is 32.1 Å². The lowest BCUT2D eigenvalue weighted by Gasteiger charge is -2.04. The van der Waals surface area contributed by atoms with Gasteiger partial charge >= 0.3 is 0 Å². The van der Waals surface area contributed by atoms with Gasteiger partial charge in [-0.1, -0.05) is 6.42 Å². The van der Waals surface area contributed by atoms with Crippen molar-refractivity contribution in [1.29, 1.82) is 0 Å². The van der Waals surface area contributed by atoms with E-state index in [1.165, 1.54) is 38.8 Å². The number of nitrogens with zero attached hydrogens (tertiary/aromatic N) is 2. The van der Waals surface area contributed by atoms with Crippen LogP contribution in [0.2, 0.25) is 0 Å². The van der Waals surface area contributed by atoms with E-state index in [0.29, 0.717) is 54.7 Å². The average Bonchev–Trinajstić information content (AvgIpc) is 2.81. The minimum absolute atomic E-state index is 0.0252. The molecule has 0 saturated carbocycles. The van der Waals surface area contributed by atoms with E-state index in [2.05, 4.69) is 21.1 Å². The summed E-state index contributed by atoms with van der Waals surface area (Å²) >= 11 is 0. The van der Waals surface area contributed by atoms with Gasteiger partial charge in [-0.05, 0) is 60.4 Å². The monoisotopic (exact) mass is 456 g/mol. The van der Waals surface area contributed by atoms with Gasteiger partial charge in [-0.2, -0.15) is 10.2 Å². The quantitative estimate of drug-likeness (QED) is 0.220. The first-order valence-electron chi connectivity index (χ1n) is 10.3. The Kier molecular flexibility index (Phi) is 10.2. The van der Waals surface area contributed by atoms with Crippen molar-refractivity contribution in [3.63, 3.8) is 0 Å². The molecule has 0 radical (unpaired) electrons. The van der Waals surface area contributed by atoms with E-state index in [0.717, 1.165) is 0 Å². The Morgan fingerprint density at radius 2 is 1.21 bits per heavy atom. The average molecular weight is 456 g/mol. The number of unbranched alkanes of at least 4 members (excludes halogenated alkanes) is 2. The molecule has 0 aliphatic heterocycles. The molecule has 4 N–H and O–H groups in total. The minimum Gasteiger partial charge on any atom is -0.504 e. The number of ether oxygens (including phenoxy) is 2. The third-order valence-corrected chi connectivity index (χ3v) is 4.52. The van der Waals surface area contributed by atoms with Gasteiger partial charge in [0.15, 0.2) is 23.0 Å². The van der Waals surface area contributed by atoms with Crippen molar-refractivity contribution in [2.24, 2.45) is 10.2 Å². The van der Waals surface area contributed by atoms with Gasteiger partial charge in [-0.3, -0.25) is 9.59 Å². The molecule has 0 heterocycles. The summed E-state index contributed by atoms with van der Waals surface area (Å²) in [4.78, 5) is 23.7. The van der Waals surface area contributed by atoms with Crippen LogP contribution in [0.3, 0.4) is 0 Å². The van der Waals surface area contributed by atoms with Crippen LogP contribution >= 0.6 is 0 Å². The number of aromatic hydroxyl groups is 2. The van der Waals surface area contributed by atoms with Gasteiger partial charge in [0.1, 0.15) is 0 Å². The number of carbonyl (C=O) groups is 2. The molecule has 33 heavy (non-hydrogen) atoms. The molecule has 0 bridgehead atoms. The highest BCUT2D eigenvalue weighted by molar-refractivity contribution is 5.84. The van der Waals surface area contributed by atoms with Crippen molar-refractivity contribution >= 4 is 24.2 Å². The molecule has 2 aromatic carbocycles. The van der Waals surface area contributed by atoms with Crippen molar-refractivity contribution in [3.05, 3.63) is 47.5 Å². The number of hydrazone groups is 2. The SMILES string of the molecule is COc1cc(C=NNC(=O)CCCCCC(=O)NN=Cc2ccc(O)c(OC)c2)ccc1O. The van der Waals surface area contributed by atoms with Crippen molar-refractivity contribution in [3.8, 4) is 23.0 Å². The Bertz CT molecular complexity index is 927. The fourth-order valence-electron chi connectivity index (χ4n) is 2.77. The Balaban J connectivity index is 1.60. The van der Waals surface area contributed by atoms with Crippen LogP contribution in [0, 0.1) is 0 Å². The molecular weight excluding hydrogens is 428 g/mol. The van der Waals surface area contributed by atoms with Crippen LogP contribution in [0.25, 0.3) is 0 Å². The lowest BCUT2D eigenvalue weighted by atomic mass is 10.1. The first-order valence-corrected chi connectivity index (χ1v) is 10.3. The Labute approximate surface area is 191 Å². The molecule has 0 unspecified atom stereocenters. The Hall–Kier alpha value is -4.08. The van der Waals surface area contributed by atoms with Crippen LogP contribution in [0.4, 0.5) is 0 Å². The predicted molar refractivity (Wildman–Crippen MR) is 124 cm³/mol. The Morgan fingerprint density at radius 1 is 0.788 bits per heavy atom. The van der Waals surface area contributed by atoms with Crippen LogP contribution in [-0.4, -0.2) is 48.7 Å². The summed E-state index contributed by atoms with van der Waals surface area (Å²) in [5.41, 5.74) is 6.22. The fourth-order valence-corrected chi connectivity index (χ4v) is 2.77. The smallest absolute Gasteiger partial charge is 0.240 e. The summed E-state index contributed by atoms with van der Waals surface area (Å²) in [6.07, 6.45) is 5.45. The summed E-state index contributed by atoms with van der Waals surface area (Å²) in [5.74, 6) is 0.237. The molecule has 2 amide bonds. The maximum absolute atomic E-state index is 11.8. The summed E-state index contributed by atoms with van der Waals surface area (Å²) in [5, 5.41) is 26.9. The van der Waals surface area contributed by atoms with Gasteiger partial charge in [0.2, 0.25) is 11.8 Å². The molecule has 176 valence electrons. The number of amides is 2. The van der Waals surface area contributed by atoms with Gasteiger partial charge < -0.3 is 19.7 Å². The number of benzene rings is 2. The lowest BCUT2D eigenvalue weighted by molar-refractivity contribution is -0.121. The van der Waals surface area contributed by atoms with Gasteiger partial charge in [0.25, 0.3) is 0 Å². The maximum Gasteiger partial charge on any atom is 0.240 e. The van der Waals surface area contributed by atoms with E-state index in [1.54, 1.807) is 24.3 Å². The second kappa shape index (κ2) is 13.4. The zero-order valence-electron chi connectivity index (χ0n) is 18.6. The molecule has 10 nitrogen and oxygen atoms in total. The summed E-state index contributed by atoms with van der Waals surface area (Å²) in [7, 11) is 2.90. The molecule has 0 aromatic heterocycles. The zero-order valence-corrected chi connectivity index (χ0v) is 18.6.